The summed E-state index contributed by atoms with van der Waals surface area (Å²) in [6, 6.07) is 7.11. The Labute approximate surface area is 97.1 Å². The third kappa shape index (κ3) is 2.18. The number of fused-ring (bicyclic) bond motifs is 1. The zero-order chi connectivity index (χ0) is 12.4. The van der Waals surface area contributed by atoms with E-state index in [0.29, 0.717) is 17.0 Å². The predicted molar refractivity (Wildman–Crippen MR) is 61.7 cm³/mol. The molecule has 0 aliphatic rings. The van der Waals surface area contributed by atoms with Crippen molar-refractivity contribution in [3.8, 4) is 6.07 Å². The Kier molecular flexibility index (Phi) is 2.66. The molecular formula is C11H10N4O2. The minimum Gasteiger partial charge on any atom is -0.480 e. The molecule has 1 aromatic heterocycles. The van der Waals surface area contributed by atoms with Gasteiger partial charge in [0, 0.05) is 7.05 Å². The Morgan fingerprint density at radius 1 is 1.65 bits per heavy atom. The molecule has 2 N–H and O–H groups in total. The minimum absolute atomic E-state index is 0.134. The average molecular weight is 230 g/mol. The molecule has 2 aromatic rings. The molecule has 0 radical (unpaired) electrons. The monoisotopic (exact) mass is 230 g/mol. The van der Waals surface area contributed by atoms with Gasteiger partial charge in [0.15, 0.2) is 0 Å². The maximum Gasteiger partial charge on any atom is 0.323 e. The Morgan fingerprint density at radius 2 is 2.41 bits per heavy atom. The second-order valence-corrected chi connectivity index (χ2v) is 3.65. The van der Waals surface area contributed by atoms with E-state index in [1.165, 1.54) is 4.90 Å². The summed E-state index contributed by atoms with van der Waals surface area (Å²) < 4.78 is 0. The highest BCUT2D eigenvalue weighted by atomic mass is 16.4. The molecule has 1 aromatic carbocycles. The van der Waals surface area contributed by atoms with Crippen LogP contribution in [0.3, 0.4) is 0 Å². The third-order valence-corrected chi connectivity index (χ3v) is 2.33. The molecule has 6 nitrogen and oxygen atoms in total. The quantitative estimate of drug-likeness (QED) is 0.819. The highest BCUT2D eigenvalue weighted by Gasteiger charge is 2.10. The van der Waals surface area contributed by atoms with Crippen molar-refractivity contribution in [3.05, 3.63) is 23.8 Å². The van der Waals surface area contributed by atoms with Gasteiger partial charge in [-0.2, -0.15) is 5.26 Å². The first-order chi connectivity index (χ1) is 8.10. The van der Waals surface area contributed by atoms with Gasteiger partial charge in [0.2, 0.25) is 5.95 Å². The lowest BCUT2D eigenvalue weighted by atomic mass is 10.2. The second kappa shape index (κ2) is 4.14. The highest BCUT2D eigenvalue weighted by Crippen LogP contribution is 2.17. The van der Waals surface area contributed by atoms with Crippen molar-refractivity contribution < 1.29 is 9.90 Å². The van der Waals surface area contributed by atoms with Crippen molar-refractivity contribution in [2.45, 2.75) is 0 Å². The predicted octanol–water partition coefficient (Wildman–Crippen LogP) is 0.955. The lowest BCUT2D eigenvalue weighted by molar-refractivity contribution is -0.135. The molecule has 0 fully saturated rings. The number of anilines is 1. The van der Waals surface area contributed by atoms with Gasteiger partial charge < -0.3 is 15.0 Å². The van der Waals surface area contributed by atoms with Crippen molar-refractivity contribution >= 4 is 23.0 Å². The van der Waals surface area contributed by atoms with Crippen LogP contribution in [-0.4, -0.2) is 34.6 Å². The summed E-state index contributed by atoms with van der Waals surface area (Å²) in [5, 5.41) is 17.4. The number of H-pyrrole nitrogens is 1. The van der Waals surface area contributed by atoms with Crippen molar-refractivity contribution in [1.29, 1.82) is 5.26 Å². The number of carboxylic acids is 1. The number of aromatic amines is 1. The minimum atomic E-state index is -0.925. The van der Waals surface area contributed by atoms with Crippen LogP contribution in [0.1, 0.15) is 5.56 Å². The van der Waals surface area contributed by atoms with E-state index in [2.05, 4.69) is 9.97 Å². The van der Waals surface area contributed by atoms with Crippen LogP contribution in [0.5, 0.6) is 0 Å². The number of nitriles is 1. The number of hydrogen-bond donors (Lipinski definition) is 2. The van der Waals surface area contributed by atoms with E-state index >= 15 is 0 Å². The maximum atomic E-state index is 10.6. The fourth-order valence-corrected chi connectivity index (χ4v) is 1.52. The SMILES string of the molecule is CN(CC(=O)O)c1nc2ccc(C#N)cc2[nH]1. The summed E-state index contributed by atoms with van der Waals surface area (Å²) in [5.74, 6) is -0.455. The van der Waals surface area contributed by atoms with Crippen LogP contribution in [0.25, 0.3) is 11.0 Å². The molecule has 0 unspecified atom stereocenters. The molecule has 86 valence electrons. The van der Waals surface area contributed by atoms with Crippen LogP contribution in [-0.2, 0) is 4.79 Å². The molecule has 0 aliphatic heterocycles. The molecule has 0 aliphatic carbocycles. The molecule has 0 saturated heterocycles. The molecule has 0 bridgehead atoms. The first-order valence-corrected chi connectivity index (χ1v) is 4.93. The molecule has 6 heteroatoms. The van der Waals surface area contributed by atoms with Crippen molar-refractivity contribution in [3.63, 3.8) is 0 Å². The van der Waals surface area contributed by atoms with E-state index in [0.717, 1.165) is 5.52 Å². The zero-order valence-electron chi connectivity index (χ0n) is 9.14. The maximum absolute atomic E-state index is 10.6. The molecule has 0 spiro atoms. The molecular weight excluding hydrogens is 220 g/mol. The Balaban J connectivity index is 2.38. The summed E-state index contributed by atoms with van der Waals surface area (Å²) >= 11 is 0. The number of hydrogen-bond acceptors (Lipinski definition) is 4. The van der Waals surface area contributed by atoms with Gasteiger partial charge in [0.25, 0.3) is 0 Å². The Hall–Kier alpha value is -2.55. The summed E-state index contributed by atoms with van der Waals surface area (Å²) in [4.78, 5) is 19.3. The largest absolute Gasteiger partial charge is 0.480 e. The summed E-state index contributed by atoms with van der Waals surface area (Å²) in [5.41, 5.74) is 1.96. The smallest absolute Gasteiger partial charge is 0.323 e. The second-order valence-electron chi connectivity index (χ2n) is 3.65. The Morgan fingerprint density at radius 3 is 3.06 bits per heavy atom. The summed E-state index contributed by atoms with van der Waals surface area (Å²) in [6.45, 7) is -0.134. The number of nitrogens with one attached hydrogen (secondary N) is 1. The molecule has 0 saturated carbocycles. The topological polar surface area (TPSA) is 93.0 Å². The summed E-state index contributed by atoms with van der Waals surface area (Å²) in [7, 11) is 1.64. The average Bonchev–Trinajstić information content (AvgIpc) is 2.70. The van der Waals surface area contributed by atoms with E-state index in [1.807, 2.05) is 6.07 Å². The van der Waals surface area contributed by atoms with E-state index in [9.17, 15) is 4.79 Å². The number of imidazole rings is 1. The van der Waals surface area contributed by atoms with Crippen molar-refractivity contribution in [1.82, 2.24) is 9.97 Å². The van der Waals surface area contributed by atoms with Gasteiger partial charge >= 0.3 is 5.97 Å². The number of carboxylic acid groups (broad SMARTS) is 1. The fraction of sp³-hybridized carbons (Fsp3) is 0.182. The van der Waals surface area contributed by atoms with Crippen molar-refractivity contribution in [2.24, 2.45) is 0 Å². The molecule has 0 amide bonds. The number of benzene rings is 1. The first-order valence-electron chi connectivity index (χ1n) is 4.93. The first kappa shape index (κ1) is 11.0. The molecule has 1 heterocycles. The zero-order valence-corrected chi connectivity index (χ0v) is 9.14. The van der Waals surface area contributed by atoms with E-state index in [1.54, 1.807) is 25.2 Å². The number of rotatable bonds is 3. The van der Waals surface area contributed by atoms with Gasteiger partial charge in [-0.05, 0) is 18.2 Å². The number of aliphatic carboxylic acids is 1. The van der Waals surface area contributed by atoms with Gasteiger partial charge in [-0.25, -0.2) is 4.98 Å². The number of nitrogens with zero attached hydrogens (tertiary/aromatic N) is 3. The third-order valence-electron chi connectivity index (χ3n) is 2.33. The highest BCUT2D eigenvalue weighted by molar-refractivity contribution is 5.80. The van der Waals surface area contributed by atoms with Crippen LogP contribution in [0.15, 0.2) is 18.2 Å². The lowest BCUT2D eigenvalue weighted by Gasteiger charge is -2.11. The van der Waals surface area contributed by atoms with E-state index in [4.69, 9.17) is 10.4 Å². The van der Waals surface area contributed by atoms with E-state index in [-0.39, 0.29) is 6.54 Å². The van der Waals surface area contributed by atoms with Crippen LogP contribution in [0.4, 0.5) is 5.95 Å². The van der Waals surface area contributed by atoms with Crippen LogP contribution >= 0.6 is 0 Å². The number of carbonyl (C=O) groups is 1. The molecule has 2 rings (SSSR count). The molecule has 17 heavy (non-hydrogen) atoms. The van der Waals surface area contributed by atoms with Crippen molar-refractivity contribution in [2.75, 3.05) is 18.5 Å². The van der Waals surface area contributed by atoms with Gasteiger partial charge in [0.1, 0.15) is 6.54 Å². The van der Waals surface area contributed by atoms with Crippen LogP contribution < -0.4 is 4.90 Å². The standard InChI is InChI=1S/C11H10N4O2/c1-15(6-10(16)17)11-13-8-3-2-7(5-12)4-9(8)14-11/h2-4H,6H2,1H3,(H,13,14)(H,16,17). The summed E-state index contributed by atoms with van der Waals surface area (Å²) in [6.07, 6.45) is 0. The van der Waals surface area contributed by atoms with Gasteiger partial charge in [-0.15, -0.1) is 0 Å². The fourth-order valence-electron chi connectivity index (χ4n) is 1.52. The van der Waals surface area contributed by atoms with Gasteiger partial charge in [-0.1, -0.05) is 0 Å². The molecule has 0 atom stereocenters. The lowest BCUT2D eigenvalue weighted by Crippen LogP contribution is -2.25. The number of likely N-dealkylation sites (N-methyl/N-ethyl adjacent to an activating group) is 1. The van der Waals surface area contributed by atoms with Crippen LogP contribution in [0.2, 0.25) is 0 Å². The van der Waals surface area contributed by atoms with Gasteiger partial charge in [0.05, 0.1) is 22.7 Å². The van der Waals surface area contributed by atoms with Crippen LogP contribution in [0, 0.1) is 11.3 Å². The van der Waals surface area contributed by atoms with E-state index < -0.39 is 5.97 Å². The van der Waals surface area contributed by atoms with Gasteiger partial charge in [-0.3, -0.25) is 4.79 Å². The normalized spacial score (nSPS) is 10.1. The number of aromatic nitrogens is 2. The Bertz CT molecular complexity index is 611.